The van der Waals surface area contributed by atoms with Gasteiger partial charge in [0.25, 0.3) is 0 Å². The Hall–Kier alpha value is -0.830. The van der Waals surface area contributed by atoms with Gasteiger partial charge < -0.3 is 9.52 Å². The highest BCUT2D eigenvalue weighted by molar-refractivity contribution is 5.05. The molecule has 60 valence electrons. The van der Waals surface area contributed by atoms with E-state index in [1.807, 2.05) is 0 Å². The molecular formula is C8H11NO2. The van der Waals surface area contributed by atoms with Gasteiger partial charge in [0.1, 0.15) is 6.10 Å². The van der Waals surface area contributed by atoms with Crippen molar-refractivity contribution >= 4 is 0 Å². The molecule has 11 heavy (non-hydrogen) atoms. The number of nitrogens with zero attached hydrogens (tertiary/aromatic N) is 1. The van der Waals surface area contributed by atoms with Gasteiger partial charge >= 0.3 is 0 Å². The van der Waals surface area contributed by atoms with E-state index in [0.717, 1.165) is 5.89 Å². The van der Waals surface area contributed by atoms with Gasteiger partial charge in [-0.25, -0.2) is 4.98 Å². The first-order valence-electron chi connectivity index (χ1n) is 3.91. The van der Waals surface area contributed by atoms with Crippen molar-refractivity contribution in [3.05, 3.63) is 17.8 Å². The SMILES string of the molecule is CC(O)c1cnc(C2CC2)o1. The zero-order chi connectivity index (χ0) is 7.84. The van der Waals surface area contributed by atoms with Crippen molar-refractivity contribution in [2.24, 2.45) is 0 Å². The number of rotatable bonds is 2. The Morgan fingerprint density at radius 1 is 1.73 bits per heavy atom. The molecule has 1 aliphatic carbocycles. The highest BCUT2D eigenvalue weighted by Gasteiger charge is 2.28. The smallest absolute Gasteiger partial charge is 0.197 e. The second kappa shape index (κ2) is 2.34. The van der Waals surface area contributed by atoms with Crippen LogP contribution < -0.4 is 0 Å². The Balaban J connectivity index is 2.18. The highest BCUT2D eigenvalue weighted by Crippen LogP contribution is 2.39. The third-order valence-corrected chi connectivity index (χ3v) is 1.88. The maximum atomic E-state index is 9.11. The van der Waals surface area contributed by atoms with Crippen molar-refractivity contribution in [2.75, 3.05) is 0 Å². The van der Waals surface area contributed by atoms with Crippen LogP contribution in [0.4, 0.5) is 0 Å². The van der Waals surface area contributed by atoms with Gasteiger partial charge in [-0.2, -0.15) is 0 Å². The molecule has 1 aromatic rings. The van der Waals surface area contributed by atoms with Crippen LogP contribution in [0.25, 0.3) is 0 Å². The summed E-state index contributed by atoms with van der Waals surface area (Å²) in [7, 11) is 0. The van der Waals surface area contributed by atoms with Crippen LogP contribution in [-0.4, -0.2) is 10.1 Å². The fourth-order valence-electron chi connectivity index (χ4n) is 1.01. The van der Waals surface area contributed by atoms with E-state index in [9.17, 15) is 0 Å². The van der Waals surface area contributed by atoms with E-state index < -0.39 is 6.10 Å². The minimum absolute atomic E-state index is 0.530. The van der Waals surface area contributed by atoms with Crippen LogP contribution in [0.1, 0.15) is 43.4 Å². The van der Waals surface area contributed by atoms with E-state index in [1.54, 1.807) is 13.1 Å². The molecule has 1 unspecified atom stereocenters. The van der Waals surface area contributed by atoms with Gasteiger partial charge in [0.2, 0.25) is 0 Å². The maximum Gasteiger partial charge on any atom is 0.197 e. The Morgan fingerprint density at radius 2 is 2.45 bits per heavy atom. The molecule has 0 spiro atoms. The van der Waals surface area contributed by atoms with Crippen molar-refractivity contribution < 1.29 is 9.52 Å². The lowest BCUT2D eigenvalue weighted by Crippen LogP contribution is -1.85. The number of aliphatic hydroxyl groups excluding tert-OH is 1. The summed E-state index contributed by atoms with van der Waals surface area (Å²) in [4.78, 5) is 4.07. The molecule has 0 aliphatic heterocycles. The van der Waals surface area contributed by atoms with Gasteiger partial charge in [0, 0.05) is 5.92 Å². The minimum atomic E-state index is -0.532. The summed E-state index contributed by atoms with van der Waals surface area (Å²) in [6, 6.07) is 0. The summed E-state index contributed by atoms with van der Waals surface area (Å²) in [5, 5.41) is 9.11. The Morgan fingerprint density at radius 3 is 2.91 bits per heavy atom. The van der Waals surface area contributed by atoms with Crippen molar-refractivity contribution in [2.45, 2.75) is 31.8 Å². The van der Waals surface area contributed by atoms with E-state index in [2.05, 4.69) is 4.98 Å². The lowest BCUT2D eigenvalue weighted by molar-refractivity contribution is 0.167. The fraction of sp³-hybridized carbons (Fsp3) is 0.625. The summed E-state index contributed by atoms with van der Waals surface area (Å²) in [5.74, 6) is 1.90. The van der Waals surface area contributed by atoms with Crippen molar-refractivity contribution in [3.8, 4) is 0 Å². The second-order valence-electron chi connectivity index (χ2n) is 3.05. The normalized spacial score (nSPS) is 20.2. The number of hydrogen-bond acceptors (Lipinski definition) is 3. The summed E-state index contributed by atoms with van der Waals surface area (Å²) in [5.41, 5.74) is 0. The van der Waals surface area contributed by atoms with Crippen LogP contribution in [0.2, 0.25) is 0 Å². The number of hydrogen-bond donors (Lipinski definition) is 1. The Labute approximate surface area is 65.1 Å². The third-order valence-electron chi connectivity index (χ3n) is 1.88. The van der Waals surface area contributed by atoms with E-state index in [1.165, 1.54) is 12.8 Å². The minimum Gasteiger partial charge on any atom is -0.443 e. The zero-order valence-electron chi connectivity index (χ0n) is 6.45. The van der Waals surface area contributed by atoms with Crippen LogP contribution in [0, 0.1) is 0 Å². The van der Waals surface area contributed by atoms with E-state index in [4.69, 9.17) is 9.52 Å². The van der Waals surface area contributed by atoms with Crippen molar-refractivity contribution in [1.29, 1.82) is 0 Å². The quantitative estimate of drug-likeness (QED) is 0.702. The molecule has 1 aromatic heterocycles. The molecule has 1 heterocycles. The molecule has 3 heteroatoms. The van der Waals surface area contributed by atoms with Gasteiger partial charge in [0.15, 0.2) is 11.7 Å². The molecule has 1 N–H and O–H groups in total. The third kappa shape index (κ3) is 1.28. The highest BCUT2D eigenvalue weighted by atomic mass is 16.4. The molecular weight excluding hydrogens is 142 g/mol. The van der Waals surface area contributed by atoms with Crippen LogP contribution in [-0.2, 0) is 0 Å². The first-order valence-corrected chi connectivity index (χ1v) is 3.91. The molecule has 0 amide bonds. The average Bonchev–Trinajstić information content (AvgIpc) is 2.68. The van der Waals surface area contributed by atoms with Crippen LogP contribution in [0.5, 0.6) is 0 Å². The van der Waals surface area contributed by atoms with E-state index in [-0.39, 0.29) is 0 Å². The van der Waals surface area contributed by atoms with Crippen LogP contribution in [0.3, 0.4) is 0 Å². The fourth-order valence-corrected chi connectivity index (χ4v) is 1.01. The van der Waals surface area contributed by atoms with E-state index in [0.29, 0.717) is 11.7 Å². The van der Waals surface area contributed by atoms with Gasteiger partial charge in [-0.15, -0.1) is 0 Å². The first kappa shape index (κ1) is 6.85. The standard InChI is InChI=1S/C8H11NO2/c1-5(10)7-4-9-8(11-7)6-2-3-6/h4-6,10H,2-3H2,1H3. The summed E-state index contributed by atoms with van der Waals surface area (Å²) in [6.45, 7) is 1.68. The molecule has 0 saturated heterocycles. The maximum absolute atomic E-state index is 9.11. The molecule has 0 aromatic carbocycles. The summed E-state index contributed by atoms with van der Waals surface area (Å²) >= 11 is 0. The number of oxazole rings is 1. The molecule has 2 rings (SSSR count). The van der Waals surface area contributed by atoms with Gasteiger partial charge in [-0.05, 0) is 19.8 Å². The molecule has 1 fully saturated rings. The van der Waals surface area contributed by atoms with Gasteiger partial charge in [-0.1, -0.05) is 0 Å². The average molecular weight is 153 g/mol. The number of aromatic nitrogens is 1. The second-order valence-corrected chi connectivity index (χ2v) is 3.05. The summed E-state index contributed by atoms with van der Waals surface area (Å²) < 4.78 is 5.31. The Bertz CT molecular complexity index is 234. The summed E-state index contributed by atoms with van der Waals surface area (Å²) in [6.07, 6.45) is 3.44. The zero-order valence-corrected chi connectivity index (χ0v) is 6.45. The van der Waals surface area contributed by atoms with Crippen molar-refractivity contribution in [3.63, 3.8) is 0 Å². The molecule has 1 atom stereocenters. The lowest BCUT2D eigenvalue weighted by Gasteiger charge is -1.95. The number of aliphatic hydroxyl groups is 1. The molecule has 1 aliphatic rings. The van der Waals surface area contributed by atoms with Crippen LogP contribution in [0.15, 0.2) is 10.6 Å². The van der Waals surface area contributed by atoms with Gasteiger partial charge in [0.05, 0.1) is 6.20 Å². The molecule has 1 saturated carbocycles. The van der Waals surface area contributed by atoms with Crippen LogP contribution >= 0.6 is 0 Å². The first-order chi connectivity index (χ1) is 5.27. The van der Waals surface area contributed by atoms with Crippen molar-refractivity contribution in [1.82, 2.24) is 4.98 Å². The van der Waals surface area contributed by atoms with Gasteiger partial charge in [-0.3, -0.25) is 0 Å². The predicted molar refractivity (Wildman–Crippen MR) is 39.1 cm³/mol. The van der Waals surface area contributed by atoms with E-state index >= 15 is 0 Å². The molecule has 0 radical (unpaired) electrons. The lowest BCUT2D eigenvalue weighted by atomic mass is 10.3. The topological polar surface area (TPSA) is 46.3 Å². The largest absolute Gasteiger partial charge is 0.443 e. The monoisotopic (exact) mass is 153 g/mol. The molecule has 0 bridgehead atoms. The molecule has 3 nitrogen and oxygen atoms in total. The Kier molecular flexibility index (Phi) is 1.46. The predicted octanol–water partition coefficient (Wildman–Crippen LogP) is 1.61.